The molecule has 8 heteroatoms. The van der Waals surface area contributed by atoms with Gasteiger partial charge in [-0.05, 0) is 44.0 Å². The number of imidazole rings is 1. The number of nitrogens with one attached hydrogen (secondary N) is 3. The second-order valence-corrected chi connectivity index (χ2v) is 6.55. The third kappa shape index (κ3) is 3.23. The summed E-state index contributed by atoms with van der Waals surface area (Å²) < 4.78 is 27.8. The molecule has 21 heavy (non-hydrogen) atoms. The van der Waals surface area contributed by atoms with Crippen LogP contribution in [0, 0.1) is 13.8 Å². The molecule has 7 nitrogen and oxygen atoms in total. The normalized spacial score (nSPS) is 13.1. The van der Waals surface area contributed by atoms with Crippen molar-refractivity contribution in [2.24, 2.45) is 5.84 Å². The van der Waals surface area contributed by atoms with E-state index < -0.39 is 16.1 Å². The van der Waals surface area contributed by atoms with Gasteiger partial charge in [-0.1, -0.05) is 0 Å². The van der Waals surface area contributed by atoms with Crippen LogP contribution in [-0.4, -0.2) is 18.4 Å². The van der Waals surface area contributed by atoms with E-state index in [1.807, 2.05) is 0 Å². The molecule has 0 saturated heterocycles. The molecule has 0 bridgehead atoms. The van der Waals surface area contributed by atoms with Crippen molar-refractivity contribution in [1.29, 1.82) is 0 Å². The molecule has 1 aromatic carbocycles. The Morgan fingerprint density at radius 3 is 2.38 bits per heavy atom. The molecule has 0 radical (unpaired) electrons. The Labute approximate surface area is 124 Å². The van der Waals surface area contributed by atoms with Crippen molar-refractivity contribution in [2.75, 3.05) is 5.43 Å². The molecule has 2 aromatic rings. The monoisotopic (exact) mass is 309 g/mol. The molecule has 2 rings (SSSR count). The topological polar surface area (TPSA) is 113 Å². The van der Waals surface area contributed by atoms with E-state index in [1.54, 1.807) is 45.3 Å². The summed E-state index contributed by atoms with van der Waals surface area (Å²) in [5.41, 5.74) is 4.44. The first-order valence-corrected chi connectivity index (χ1v) is 7.93. The van der Waals surface area contributed by atoms with Crippen LogP contribution in [0.5, 0.6) is 0 Å². The van der Waals surface area contributed by atoms with Crippen LogP contribution in [0.15, 0.2) is 29.4 Å². The maximum Gasteiger partial charge on any atom is 0.241 e. The maximum atomic E-state index is 12.6. The van der Waals surface area contributed by atoms with Gasteiger partial charge in [0.15, 0.2) is 0 Å². The largest absolute Gasteiger partial charge is 0.347 e. The summed E-state index contributed by atoms with van der Waals surface area (Å²) in [4.78, 5) is 7.21. The van der Waals surface area contributed by atoms with E-state index in [0.717, 1.165) is 0 Å². The Balaban J connectivity index is 2.36. The predicted octanol–water partition coefficient (Wildman–Crippen LogP) is 1.35. The van der Waals surface area contributed by atoms with Gasteiger partial charge in [-0.3, -0.25) is 5.84 Å². The Bertz CT molecular complexity index is 702. The van der Waals surface area contributed by atoms with E-state index in [9.17, 15) is 8.42 Å². The lowest BCUT2D eigenvalue weighted by atomic mass is 10.1. The van der Waals surface area contributed by atoms with E-state index in [4.69, 9.17) is 5.84 Å². The number of aryl methyl sites for hydroxylation is 2. The standard InChI is InChI=1S/C13H19N5O2S/c1-8-6-11(17-14)7-9(2)12(8)21(19,20)18-10(3)13-15-4-5-16-13/h4-7,10,17-18H,14H2,1-3H3,(H,15,16). The highest BCUT2D eigenvalue weighted by molar-refractivity contribution is 7.89. The van der Waals surface area contributed by atoms with Gasteiger partial charge in [0.05, 0.1) is 10.9 Å². The number of sulfonamides is 1. The lowest BCUT2D eigenvalue weighted by Gasteiger charge is -2.16. The number of anilines is 1. The van der Waals surface area contributed by atoms with Crippen LogP contribution >= 0.6 is 0 Å². The van der Waals surface area contributed by atoms with Gasteiger partial charge in [0.2, 0.25) is 10.0 Å². The van der Waals surface area contributed by atoms with Crippen molar-refractivity contribution in [3.63, 3.8) is 0 Å². The van der Waals surface area contributed by atoms with Gasteiger partial charge in [0, 0.05) is 18.1 Å². The van der Waals surface area contributed by atoms with Crippen molar-refractivity contribution in [1.82, 2.24) is 14.7 Å². The quantitative estimate of drug-likeness (QED) is 0.492. The van der Waals surface area contributed by atoms with E-state index in [0.29, 0.717) is 22.6 Å². The summed E-state index contributed by atoms with van der Waals surface area (Å²) in [6.07, 6.45) is 3.23. The van der Waals surface area contributed by atoms with Crippen LogP contribution in [0.2, 0.25) is 0 Å². The summed E-state index contributed by atoms with van der Waals surface area (Å²) >= 11 is 0. The maximum absolute atomic E-state index is 12.6. The third-order valence-electron chi connectivity index (χ3n) is 3.16. The zero-order chi connectivity index (χ0) is 15.6. The minimum Gasteiger partial charge on any atom is -0.347 e. The highest BCUT2D eigenvalue weighted by atomic mass is 32.2. The van der Waals surface area contributed by atoms with Gasteiger partial charge >= 0.3 is 0 Å². The number of hydrogen-bond donors (Lipinski definition) is 4. The first kappa shape index (κ1) is 15.5. The Morgan fingerprint density at radius 1 is 1.29 bits per heavy atom. The number of nitrogens with zero attached hydrogens (tertiary/aromatic N) is 1. The molecule has 0 aliphatic rings. The fourth-order valence-electron chi connectivity index (χ4n) is 2.32. The number of benzene rings is 1. The lowest BCUT2D eigenvalue weighted by molar-refractivity contribution is 0.560. The van der Waals surface area contributed by atoms with Crippen molar-refractivity contribution in [2.45, 2.75) is 31.7 Å². The molecule has 5 N–H and O–H groups in total. The van der Waals surface area contributed by atoms with Crippen molar-refractivity contribution in [3.8, 4) is 0 Å². The zero-order valence-electron chi connectivity index (χ0n) is 12.1. The molecule has 1 heterocycles. The molecule has 1 atom stereocenters. The smallest absolute Gasteiger partial charge is 0.241 e. The number of aromatic nitrogens is 2. The van der Waals surface area contributed by atoms with E-state index in [1.165, 1.54) is 0 Å². The molecule has 1 aromatic heterocycles. The van der Waals surface area contributed by atoms with Gasteiger partial charge in [-0.25, -0.2) is 18.1 Å². The van der Waals surface area contributed by atoms with Gasteiger partial charge in [0.1, 0.15) is 5.82 Å². The Morgan fingerprint density at radius 2 is 1.90 bits per heavy atom. The minimum absolute atomic E-state index is 0.264. The summed E-state index contributed by atoms with van der Waals surface area (Å²) in [5, 5.41) is 0. The number of nitrogens with two attached hydrogens (primary N) is 1. The summed E-state index contributed by atoms with van der Waals surface area (Å²) in [6.45, 7) is 5.21. The van der Waals surface area contributed by atoms with Crippen LogP contribution in [0.3, 0.4) is 0 Å². The van der Waals surface area contributed by atoms with Gasteiger partial charge in [0.25, 0.3) is 0 Å². The molecule has 0 amide bonds. The average molecular weight is 309 g/mol. The lowest BCUT2D eigenvalue weighted by Crippen LogP contribution is -2.29. The van der Waals surface area contributed by atoms with Gasteiger partial charge in [-0.15, -0.1) is 0 Å². The molecule has 1 unspecified atom stereocenters. The zero-order valence-corrected chi connectivity index (χ0v) is 13.0. The molecule has 0 aliphatic carbocycles. The second-order valence-electron chi connectivity index (χ2n) is 4.90. The average Bonchev–Trinajstić information content (AvgIpc) is 2.90. The molecular formula is C13H19N5O2S. The number of rotatable bonds is 5. The van der Waals surface area contributed by atoms with Crippen molar-refractivity contribution >= 4 is 15.7 Å². The first-order chi connectivity index (χ1) is 9.85. The summed E-state index contributed by atoms with van der Waals surface area (Å²) in [5.74, 6) is 5.93. The minimum atomic E-state index is -3.65. The summed E-state index contributed by atoms with van der Waals surface area (Å²) in [7, 11) is -3.65. The molecular weight excluding hydrogens is 290 g/mol. The van der Waals surface area contributed by atoms with Crippen LogP contribution in [-0.2, 0) is 10.0 Å². The highest BCUT2D eigenvalue weighted by Gasteiger charge is 2.23. The van der Waals surface area contributed by atoms with Crippen LogP contribution in [0.1, 0.15) is 29.9 Å². The second kappa shape index (κ2) is 5.84. The number of hydrazine groups is 1. The van der Waals surface area contributed by atoms with Crippen LogP contribution < -0.4 is 16.0 Å². The number of aromatic amines is 1. The number of H-pyrrole nitrogens is 1. The Kier molecular flexibility index (Phi) is 4.31. The van der Waals surface area contributed by atoms with Crippen molar-refractivity contribution in [3.05, 3.63) is 41.5 Å². The first-order valence-electron chi connectivity index (χ1n) is 6.44. The Hall–Kier alpha value is -1.90. The van der Waals surface area contributed by atoms with Crippen molar-refractivity contribution < 1.29 is 8.42 Å². The van der Waals surface area contributed by atoms with Gasteiger partial charge < -0.3 is 10.4 Å². The summed E-state index contributed by atoms with van der Waals surface area (Å²) in [6, 6.07) is 2.94. The number of hydrogen-bond acceptors (Lipinski definition) is 5. The molecule has 114 valence electrons. The van der Waals surface area contributed by atoms with Gasteiger partial charge in [-0.2, -0.15) is 0 Å². The van der Waals surface area contributed by atoms with Crippen LogP contribution in [0.25, 0.3) is 0 Å². The molecule has 0 aliphatic heterocycles. The fraction of sp³-hybridized carbons (Fsp3) is 0.308. The predicted molar refractivity (Wildman–Crippen MR) is 81.1 cm³/mol. The third-order valence-corrected chi connectivity index (χ3v) is 5.00. The molecule has 0 saturated carbocycles. The van der Waals surface area contributed by atoms with E-state index in [-0.39, 0.29) is 4.90 Å². The highest BCUT2D eigenvalue weighted by Crippen LogP contribution is 2.25. The van der Waals surface area contributed by atoms with E-state index >= 15 is 0 Å². The number of nitrogen functional groups attached to an aromatic ring is 1. The van der Waals surface area contributed by atoms with E-state index in [2.05, 4.69) is 20.1 Å². The SMILES string of the molecule is Cc1cc(NN)cc(C)c1S(=O)(=O)NC(C)c1ncc[nH]1. The molecule has 0 fully saturated rings. The molecule has 0 spiro atoms. The fourth-order valence-corrected chi connectivity index (χ4v) is 3.98. The van der Waals surface area contributed by atoms with Crippen LogP contribution in [0.4, 0.5) is 5.69 Å².